The van der Waals surface area contributed by atoms with Crippen LogP contribution in [0.15, 0.2) is 36.4 Å². The average Bonchev–Trinajstić information content (AvgIpc) is 3.85. The minimum absolute atomic E-state index is 0.0551. The number of imidazole rings is 2. The number of halogens is 4. The molecule has 366 valence electrons. The Labute approximate surface area is 390 Å². The van der Waals surface area contributed by atoms with Crippen LogP contribution in [0.2, 0.25) is 0 Å². The zero-order valence-corrected chi connectivity index (χ0v) is 40.2. The third-order valence-electron chi connectivity index (χ3n) is 14.3. The molecule has 0 unspecified atom stereocenters. The number of amides is 2. The number of aromatic nitrogens is 4. The number of esters is 1. The summed E-state index contributed by atoms with van der Waals surface area (Å²) in [7, 11) is 1.39. The third-order valence-corrected chi connectivity index (χ3v) is 14.3. The number of fused-ring (bicyclic) bond motifs is 2. The number of piperidine rings is 2. The Morgan fingerprint density at radius 3 is 1.30 bits per heavy atom. The zero-order valence-electron chi connectivity index (χ0n) is 40.2. The second-order valence-electron chi connectivity index (χ2n) is 21.6. The molecule has 1 N–H and O–H groups in total. The van der Waals surface area contributed by atoms with Gasteiger partial charge in [-0.2, -0.15) is 0 Å². The molecule has 2 aliphatic heterocycles. The van der Waals surface area contributed by atoms with Crippen LogP contribution in [0.3, 0.4) is 0 Å². The van der Waals surface area contributed by atoms with E-state index in [0.717, 1.165) is 33.7 Å². The summed E-state index contributed by atoms with van der Waals surface area (Å²) in [4.78, 5) is 62.4. The molecule has 4 fully saturated rings. The van der Waals surface area contributed by atoms with Gasteiger partial charge in [0, 0.05) is 86.9 Å². The second-order valence-corrected chi connectivity index (χ2v) is 21.6. The van der Waals surface area contributed by atoms with Crippen molar-refractivity contribution in [2.75, 3.05) is 33.3 Å². The molecule has 2 saturated heterocycles. The predicted octanol–water partition coefficient (Wildman–Crippen LogP) is 10.3. The van der Waals surface area contributed by atoms with E-state index in [-0.39, 0.29) is 78.0 Å². The molecule has 2 aromatic carbocycles. The molecule has 2 saturated carbocycles. The first kappa shape index (κ1) is 49.9. The summed E-state index contributed by atoms with van der Waals surface area (Å²) in [6.45, 7) is 15.7. The number of benzene rings is 2. The lowest BCUT2D eigenvalue weighted by Gasteiger charge is -2.30. The summed E-state index contributed by atoms with van der Waals surface area (Å²) in [5.74, 6) is -4.65. The summed E-state index contributed by atoms with van der Waals surface area (Å²) in [6, 6.07) is 11.1. The Bertz CT molecular complexity index is 2430. The monoisotopic (exact) mass is 937 g/mol. The fraction of sp³-hybridized carbons (Fsp3) is 0.647. The SMILES string of the molecule is CC(C)(C)c1nc2cc(C(=O)N3CCC(C(=O)O)CC3)ccc2n1CC1CCC(F)(F)CC1.COC(=O)C1CCN(C(=O)c2ccc3c(c2)nc(C(C)(C)C)n3CC2CCC(F)(F)CC2)CC1. The summed E-state index contributed by atoms with van der Waals surface area (Å²) < 4.78 is 63.7. The third kappa shape index (κ3) is 11.6. The lowest BCUT2D eigenvalue weighted by molar-refractivity contribution is -0.147. The summed E-state index contributed by atoms with van der Waals surface area (Å²) in [6.07, 6.45) is 3.91. The van der Waals surface area contributed by atoms with E-state index in [9.17, 15) is 41.8 Å². The maximum atomic E-state index is 13.7. The maximum Gasteiger partial charge on any atom is 0.308 e. The number of hydrogen-bond acceptors (Lipinski definition) is 7. The van der Waals surface area contributed by atoms with Crippen LogP contribution in [0, 0.1) is 23.7 Å². The van der Waals surface area contributed by atoms with E-state index < -0.39 is 17.8 Å². The first-order valence-corrected chi connectivity index (χ1v) is 24.1. The van der Waals surface area contributed by atoms with Crippen molar-refractivity contribution < 1.29 is 46.6 Å². The number of carbonyl (C=O) groups excluding carboxylic acids is 3. The highest BCUT2D eigenvalue weighted by atomic mass is 19.3. The van der Waals surface area contributed by atoms with Crippen LogP contribution in [0.1, 0.15) is 151 Å². The molecule has 67 heavy (non-hydrogen) atoms. The number of carboxylic acid groups (broad SMARTS) is 1. The standard InChI is InChI=1S/C26H35F2N3O3.C25H33F2N3O3/c1-25(2,3)24-29-20-15-19(22(32)30-13-9-18(10-14-30)23(33)34-4)5-6-21(20)31(24)16-17-7-11-26(27,28)12-8-17;1-24(2,3)23-28-19-14-18(21(31)29-12-8-17(9-13-29)22(32)33)4-5-20(19)30(23)15-16-6-10-25(26,27)11-7-16/h5-6,15,17-18H,7-14,16H2,1-4H3;4-5,14,16-17H,6-13,15H2,1-3H3,(H,32,33). The molecule has 4 aromatic rings. The van der Waals surface area contributed by atoms with Crippen LogP contribution in [0.25, 0.3) is 22.1 Å². The molecule has 2 amide bonds. The first-order valence-electron chi connectivity index (χ1n) is 24.1. The van der Waals surface area contributed by atoms with Gasteiger partial charge in [-0.25, -0.2) is 27.5 Å². The quantitative estimate of drug-likeness (QED) is 0.136. The molecule has 8 rings (SSSR count). The Morgan fingerprint density at radius 2 is 0.970 bits per heavy atom. The van der Waals surface area contributed by atoms with Gasteiger partial charge in [0.05, 0.1) is 41.0 Å². The van der Waals surface area contributed by atoms with Crippen LogP contribution >= 0.6 is 0 Å². The zero-order chi connectivity index (χ0) is 48.6. The minimum atomic E-state index is -2.55. The van der Waals surface area contributed by atoms with Crippen molar-refractivity contribution in [1.29, 1.82) is 0 Å². The molecule has 2 aromatic heterocycles. The van der Waals surface area contributed by atoms with Crippen LogP contribution in [0.4, 0.5) is 17.6 Å². The number of carboxylic acids is 1. The van der Waals surface area contributed by atoms with Gasteiger partial charge in [0.15, 0.2) is 0 Å². The summed E-state index contributed by atoms with van der Waals surface area (Å²) in [5.41, 5.74) is 3.98. The van der Waals surface area contributed by atoms with Gasteiger partial charge in [-0.15, -0.1) is 0 Å². The summed E-state index contributed by atoms with van der Waals surface area (Å²) >= 11 is 0. The van der Waals surface area contributed by atoms with Crippen molar-refractivity contribution in [1.82, 2.24) is 28.9 Å². The fourth-order valence-corrected chi connectivity index (χ4v) is 10.3. The van der Waals surface area contributed by atoms with E-state index in [4.69, 9.17) is 14.7 Å². The van der Waals surface area contributed by atoms with Crippen LogP contribution in [-0.2, 0) is 38.2 Å². The van der Waals surface area contributed by atoms with Gasteiger partial charge in [-0.3, -0.25) is 19.2 Å². The van der Waals surface area contributed by atoms with Gasteiger partial charge in [0.2, 0.25) is 11.8 Å². The van der Waals surface area contributed by atoms with Crippen molar-refractivity contribution in [2.24, 2.45) is 23.7 Å². The molecular formula is C51H68F4N6O6. The van der Waals surface area contributed by atoms with Gasteiger partial charge in [-0.1, -0.05) is 41.5 Å². The number of alkyl halides is 4. The van der Waals surface area contributed by atoms with Crippen LogP contribution in [-0.4, -0.2) is 103 Å². The number of likely N-dealkylation sites (tertiary alicyclic amines) is 2. The van der Waals surface area contributed by atoms with Gasteiger partial charge in [0.25, 0.3) is 11.8 Å². The molecule has 4 aliphatic rings. The number of nitrogens with zero attached hydrogens (tertiary/aromatic N) is 6. The van der Waals surface area contributed by atoms with Gasteiger partial charge >= 0.3 is 11.9 Å². The molecule has 0 bridgehead atoms. The molecule has 16 heteroatoms. The highest BCUT2D eigenvalue weighted by Gasteiger charge is 2.38. The molecule has 0 atom stereocenters. The number of aliphatic carboxylic acids is 1. The van der Waals surface area contributed by atoms with Crippen LogP contribution in [0.5, 0.6) is 0 Å². The van der Waals surface area contributed by atoms with Crippen molar-refractivity contribution in [3.05, 3.63) is 59.2 Å². The highest BCUT2D eigenvalue weighted by Crippen LogP contribution is 2.40. The van der Waals surface area contributed by atoms with E-state index in [1.54, 1.807) is 15.9 Å². The first-order chi connectivity index (χ1) is 31.4. The Balaban J connectivity index is 0.000000199. The molecule has 12 nitrogen and oxygen atoms in total. The maximum absolute atomic E-state index is 13.7. The average molecular weight is 937 g/mol. The predicted molar refractivity (Wildman–Crippen MR) is 248 cm³/mol. The molecule has 0 spiro atoms. The van der Waals surface area contributed by atoms with E-state index >= 15 is 0 Å². The number of rotatable bonds is 8. The summed E-state index contributed by atoms with van der Waals surface area (Å²) in [5, 5.41) is 9.18. The Hall–Kier alpha value is -5.02. The molecule has 4 heterocycles. The van der Waals surface area contributed by atoms with Gasteiger partial charge in [-0.05, 0) is 99.6 Å². The molecule has 2 aliphatic carbocycles. The van der Waals surface area contributed by atoms with Gasteiger partial charge < -0.3 is 28.8 Å². The lowest BCUT2D eigenvalue weighted by atomic mass is 9.86. The lowest BCUT2D eigenvalue weighted by Crippen LogP contribution is -2.40. The number of methoxy groups -OCH3 is 1. The number of hydrogen-bond donors (Lipinski definition) is 1. The second kappa shape index (κ2) is 19.5. The number of ether oxygens (including phenoxy) is 1. The van der Waals surface area contributed by atoms with Crippen molar-refractivity contribution in [2.45, 2.75) is 154 Å². The van der Waals surface area contributed by atoms with Gasteiger partial charge in [0.1, 0.15) is 11.6 Å². The largest absolute Gasteiger partial charge is 0.481 e. The molecule has 0 radical (unpaired) electrons. The van der Waals surface area contributed by atoms with Crippen molar-refractivity contribution in [3.8, 4) is 0 Å². The Kier molecular flexibility index (Phi) is 14.5. The number of carbonyl (C=O) groups is 4. The fourth-order valence-electron chi connectivity index (χ4n) is 10.3. The highest BCUT2D eigenvalue weighted by molar-refractivity contribution is 5.98. The van der Waals surface area contributed by atoms with Crippen LogP contribution < -0.4 is 0 Å². The van der Waals surface area contributed by atoms with Crippen molar-refractivity contribution >= 4 is 45.8 Å². The van der Waals surface area contributed by atoms with E-state index in [1.165, 1.54) is 7.11 Å². The normalized spacial score (nSPS) is 20.2. The smallest absolute Gasteiger partial charge is 0.308 e. The topological polar surface area (TPSA) is 140 Å². The van der Waals surface area contributed by atoms with E-state index in [2.05, 4.69) is 50.7 Å². The Morgan fingerprint density at radius 1 is 0.612 bits per heavy atom. The minimum Gasteiger partial charge on any atom is -0.481 e. The van der Waals surface area contributed by atoms with E-state index in [0.29, 0.717) is 102 Å². The van der Waals surface area contributed by atoms with Crippen molar-refractivity contribution in [3.63, 3.8) is 0 Å². The molecular weight excluding hydrogens is 869 g/mol. The van der Waals surface area contributed by atoms with E-state index in [1.807, 2.05) is 30.3 Å².